The van der Waals surface area contributed by atoms with Gasteiger partial charge >= 0.3 is 0 Å². The highest BCUT2D eigenvalue weighted by Gasteiger charge is 2.33. The van der Waals surface area contributed by atoms with Gasteiger partial charge in [-0.3, -0.25) is 9.59 Å². The molecule has 2 amide bonds. The Kier molecular flexibility index (Phi) is 6.03. The van der Waals surface area contributed by atoms with Crippen LogP contribution in [0.3, 0.4) is 0 Å². The van der Waals surface area contributed by atoms with Gasteiger partial charge in [-0.05, 0) is 13.0 Å². The summed E-state index contributed by atoms with van der Waals surface area (Å²) < 4.78 is 5.26. The van der Waals surface area contributed by atoms with Crippen LogP contribution in [0.5, 0.6) is 0 Å². The van der Waals surface area contributed by atoms with Gasteiger partial charge < -0.3 is 26.2 Å². The second-order valence-electron chi connectivity index (χ2n) is 4.37. The summed E-state index contributed by atoms with van der Waals surface area (Å²) in [7, 11) is 0. The molecule has 0 aromatic rings. The average molecular weight is 259 g/mol. The van der Waals surface area contributed by atoms with Crippen molar-refractivity contribution >= 4 is 11.8 Å². The number of hydrogen-bond donors (Lipinski definition) is 4. The molecule has 3 atom stereocenters. The first kappa shape index (κ1) is 14.9. The molecule has 0 radical (unpaired) electrons. The number of carbonyl (C=O) groups is 2. The van der Waals surface area contributed by atoms with Gasteiger partial charge in [-0.1, -0.05) is 6.92 Å². The van der Waals surface area contributed by atoms with Gasteiger partial charge in [0.25, 0.3) is 0 Å². The summed E-state index contributed by atoms with van der Waals surface area (Å²) in [6.07, 6.45) is -0.371. The largest absolute Gasteiger partial charge is 0.381 e. The quantitative estimate of drug-likeness (QED) is 0.421. The first-order chi connectivity index (χ1) is 8.56. The van der Waals surface area contributed by atoms with E-state index in [2.05, 4.69) is 10.6 Å². The van der Waals surface area contributed by atoms with Gasteiger partial charge in [0.15, 0.2) is 0 Å². The van der Waals surface area contributed by atoms with Gasteiger partial charge in [0.2, 0.25) is 11.8 Å². The lowest BCUT2D eigenvalue weighted by molar-refractivity contribution is -0.128. The minimum atomic E-state index is -1.35. The number of nitrogens with one attached hydrogen (secondary N) is 2. The lowest BCUT2D eigenvalue weighted by Crippen LogP contribution is -2.47. The molecule has 0 saturated carbocycles. The van der Waals surface area contributed by atoms with E-state index < -0.39 is 12.0 Å². The third-order valence-electron chi connectivity index (χ3n) is 2.87. The van der Waals surface area contributed by atoms with Crippen LogP contribution in [0.2, 0.25) is 0 Å². The van der Waals surface area contributed by atoms with Gasteiger partial charge in [0.05, 0.1) is 25.7 Å². The van der Waals surface area contributed by atoms with Crippen molar-refractivity contribution in [3.8, 4) is 0 Å². The van der Waals surface area contributed by atoms with Crippen molar-refractivity contribution < 1.29 is 19.4 Å². The zero-order valence-electron chi connectivity index (χ0n) is 10.5. The number of amides is 2. The Hall–Kier alpha value is -1.18. The first-order valence-corrected chi connectivity index (χ1v) is 6.12. The van der Waals surface area contributed by atoms with E-state index in [4.69, 9.17) is 10.5 Å². The van der Waals surface area contributed by atoms with Crippen LogP contribution in [-0.4, -0.2) is 55.4 Å². The molecule has 3 unspecified atom stereocenters. The van der Waals surface area contributed by atoms with E-state index in [0.717, 1.165) is 13.0 Å². The monoisotopic (exact) mass is 259 g/mol. The second-order valence-corrected chi connectivity index (χ2v) is 4.37. The van der Waals surface area contributed by atoms with Crippen LogP contribution in [0.15, 0.2) is 0 Å². The average Bonchev–Trinajstić information content (AvgIpc) is 2.81. The summed E-state index contributed by atoms with van der Waals surface area (Å²) in [4.78, 5) is 22.5. The summed E-state index contributed by atoms with van der Waals surface area (Å²) >= 11 is 0. The molecular formula is C11H21N3O4. The van der Waals surface area contributed by atoms with Gasteiger partial charge in [-0.2, -0.15) is 0 Å². The molecule has 104 valence electrons. The van der Waals surface area contributed by atoms with Crippen LogP contribution in [0.1, 0.15) is 13.3 Å². The summed E-state index contributed by atoms with van der Waals surface area (Å²) in [6, 6.07) is -0.0179. The van der Waals surface area contributed by atoms with E-state index in [1.807, 2.05) is 6.92 Å². The predicted octanol–water partition coefficient (Wildman–Crippen LogP) is -2.04. The minimum absolute atomic E-state index is 0.0179. The molecule has 0 aromatic carbocycles. The molecule has 1 heterocycles. The van der Waals surface area contributed by atoms with E-state index in [1.54, 1.807) is 0 Å². The highest BCUT2D eigenvalue weighted by atomic mass is 16.5. The Balaban J connectivity index is 2.37. The Morgan fingerprint density at radius 3 is 2.83 bits per heavy atom. The molecule has 1 fully saturated rings. The topological polar surface area (TPSA) is 114 Å². The maximum Gasteiger partial charge on any atom is 0.248 e. The Labute approximate surface area is 106 Å². The van der Waals surface area contributed by atoms with Crippen LogP contribution >= 0.6 is 0 Å². The zero-order chi connectivity index (χ0) is 13.5. The Bertz CT molecular complexity index is 298. The molecule has 1 saturated heterocycles. The number of aliphatic hydroxyl groups is 1. The molecule has 0 aliphatic carbocycles. The molecule has 7 nitrogen and oxygen atoms in total. The summed E-state index contributed by atoms with van der Waals surface area (Å²) in [5.41, 5.74) is 4.89. The lowest BCUT2D eigenvalue weighted by atomic mass is 10.0. The molecule has 0 bridgehead atoms. The van der Waals surface area contributed by atoms with Crippen LogP contribution in [-0.2, 0) is 14.3 Å². The van der Waals surface area contributed by atoms with Crippen LogP contribution < -0.4 is 16.4 Å². The standard InChI is InChI=1S/C11H21N3O4/c1-2-3-13-8-6-18-5-7(8)11(17)14-4-9(15)10(12)16/h7-9,13,15H,2-6H2,1H3,(H2,12,16)(H,14,17). The van der Waals surface area contributed by atoms with Crippen LogP contribution in [0.4, 0.5) is 0 Å². The van der Waals surface area contributed by atoms with Crippen LogP contribution in [0.25, 0.3) is 0 Å². The number of primary amides is 1. The number of ether oxygens (including phenoxy) is 1. The fourth-order valence-electron chi connectivity index (χ4n) is 1.77. The Morgan fingerprint density at radius 2 is 2.22 bits per heavy atom. The number of carbonyl (C=O) groups excluding carboxylic acids is 2. The van der Waals surface area contributed by atoms with E-state index >= 15 is 0 Å². The maximum atomic E-state index is 11.9. The number of aliphatic hydroxyl groups excluding tert-OH is 1. The highest BCUT2D eigenvalue weighted by molar-refractivity contribution is 5.82. The second kappa shape index (κ2) is 7.30. The number of hydrogen-bond acceptors (Lipinski definition) is 5. The molecule has 1 rings (SSSR count). The van der Waals surface area contributed by atoms with Gasteiger partial charge in [0, 0.05) is 6.04 Å². The molecule has 7 heteroatoms. The van der Waals surface area contributed by atoms with Gasteiger partial charge in [-0.15, -0.1) is 0 Å². The first-order valence-electron chi connectivity index (χ1n) is 6.12. The van der Waals surface area contributed by atoms with Crippen LogP contribution in [0, 0.1) is 5.92 Å². The zero-order valence-corrected chi connectivity index (χ0v) is 10.5. The molecule has 1 aliphatic rings. The van der Waals surface area contributed by atoms with Crippen molar-refractivity contribution in [1.82, 2.24) is 10.6 Å². The summed E-state index contributed by atoms with van der Waals surface area (Å²) in [5.74, 6) is -1.38. The molecule has 0 spiro atoms. The smallest absolute Gasteiger partial charge is 0.248 e. The van der Waals surface area contributed by atoms with Crippen molar-refractivity contribution in [3.63, 3.8) is 0 Å². The maximum absolute atomic E-state index is 11.9. The molecule has 1 aliphatic heterocycles. The van der Waals surface area contributed by atoms with Crippen molar-refractivity contribution in [2.24, 2.45) is 11.7 Å². The SMILES string of the molecule is CCCNC1COCC1C(=O)NCC(O)C(N)=O. The third kappa shape index (κ3) is 4.25. The minimum Gasteiger partial charge on any atom is -0.381 e. The molecular weight excluding hydrogens is 238 g/mol. The van der Waals surface area contributed by atoms with Crippen molar-refractivity contribution in [1.29, 1.82) is 0 Å². The normalized spacial score (nSPS) is 24.8. The fraction of sp³-hybridized carbons (Fsp3) is 0.818. The fourth-order valence-corrected chi connectivity index (χ4v) is 1.77. The molecule has 0 aromatic heterocycles. The third-order valence-corrected chi connectivity index (χ3v) is 2.87. The van der Waals surface area contributed by atoms with Crippen molar-refractivity contribution in [2.75, 3.05) is 26.3 Å². The summed E-state index contributed by atoms with van der Waals surface area (Å²) in [6.45, 7) is 3.55. The van der Waals surface area contributed by atoms with E-state index in [1.165, 1.54) is 0 Å². The van der Waals surface area contributed by atoms with E-state index in [-0.39, 0.29) is 24.4 Å². The molecule has 5 N–H and O–H groups in total. The van der Waals surface area contributed by atoms with Gasteiger partial charge in [0.1, 0.15) is 6.10 Å². The van der Waals surface area contributed by atoms with E-state index in [9.17, 15) is 14.7 Å². The van der Waals surface area contributed by atoms with Crippen molar-refractivity contribution in [2.45, 2.75) is 25.5 Å². The summed E-state index contributed by atoms with van der Waals surface area (Å²) in [5, 5.41) is 14.9. The molecule has 18 heavy (non-hydrogen) atoms. The number of rotatable bonds is 7. The predicted molar refractivity (Wildman–Crippen MR) is 64.6 cm³/mol. The Morgan fingerprint density at radius 1 is 1.50 bits per heavy atom. The highest BCUT2D eigenvalue weighted by Crippen LogP contribution is 2.13. The van der Waals surface area contributed by atoms with Gasteiger partial charge in [-0.25, -0.2) is 0 Å². The van der Waals surface area contributed by atoms with E-state index in [0.29, 0.717) is 13.2 Å². The lowest BCUT2D eigenvalue weighted by Gasteiger charge is -2.18. The number of nitrogens with two attached hydrogens (primary N) is 1. The van der Waals surface area contributed by atoms with Crippen molar-refractivity contribution in [3.05, 3.63) is 0 Å².